The molecule has 0 saturated heterocycles. The van der Waals surface area contributed by atoms with Crippen LogP contribution in [0.3, 0.4) is 0 Å². The van der Waals surface area contributed by atoms with Crippen molar-refractivity contribution in [3.8, 4) is 0 Å². The lowest BCUT2D eigenvalue weighted by Crippen LogP contribution is -2.02. The van der Waals surface area contributed by atoms with Crippen molar-refractivity contribution in [1.82, 2.24) is 4.98 Å². The third kappa shape index (κ3) is 2.81. The van der Waals surface area contributed by atoms with Gasteiger partial charge in [0.25, 0.3) is 0 Å². The number of hydrogen-bond acceptors (Lipinski definition) is 2. The predicted octanol–water partition coefficient (Wildman–Crippen LogP) is 2.85. The zero-order valence-corrected chi connectivity index (χ0v) is 10.1. The second-order valence-electron chi connectivity index (χ2n) is 3.15. The van der Waals surface area contributed by atoms with E-state index >= 15 is 0 Å². The third-order valence-electron chi connectivity index (χ3n) is 2.21. The maximum absolute atomic E-state index is 5.58. The average Bonchev–Trinajstić information content (AvgIpc) is 2.17. The summed E-state index contributed by atoms with van der Waals surface area (Å²) >= 11 is 0. The van der Waals surface area contributed by atoms with Crippen LogP contribution >= 0.6 is 24.8 Å². The Balaban J connectivity index is 0.000000980. The van der Waals surface area contributed by atoms with Crippen LogP contribution < -0.4 is 5.73 Å². The van der Waals surface area contributed by atoms with Crippen molar-refractivity contribution in [2.75, 3.05) is 0 Å². The lowest BCUT2D eigenvalue weighted by Gasteiger charge is -2.04. The fourth-order valence-corrected chi connectivity index (χ4v) is 1.47. The summed E-state index contributed by atoms with van der Waals surface area (Å²) < 4.78 is 0. The van der Waals surface area contributed by atoms with Crippen LogP contribution in [0.5, 0.6) is 0 Å². The SMILES string of the molecule is Cc1cc2ccccc2nc1CN.Cl.Cl. The van der Waals surface area contributed by atoms with Gasteiger partial charge in [-0.3, -0.25) is 4.98 Å². The first-order valence-corrected chi connectivity index (χ1v) is 4.36. The van der Waals surface area contributed by atoms with Gasteiger partial charge in [-0.15, -0.1) is 24.8 Å². The number of hydrogen-bond donors (Lipinski definition) is 1. The highest BCUT2D eigenvalue weighted by atomic mass is 35.5. The summed E-state index contributed by atoms with van der Waals surface area (Å²) in [5, 5.41) is 1.18. The van der Waals surface area contributed by atoms with Crippen LogP contribution in [0.2, 0.25) is 0 Å². The number of rotatable bonds is 1. The van der Waals surface area contributed by atoms with Crippen molar-refractivity contribution in [1.29, 1.82) is 0 Å². The molecule has 1 aromatic heterocycles. The van der Waals surface area contributed by atoms with Gasteiger partial charge in [0.2, 0.25) is 0 Å². The molecule has 82 valence electrons. The number of aromatic nitrogens is 1. The molecule has 0 saturated carbocycles. The first-order chi connectivity index (χ1) is 6.31. The molecule has 1 heterocycles. The monoisotopic (exact) mass is 244 g/mol. The first kappa shape index (κ1) is 14.2. The number of nitrogens with zero attached hydrogens (tertiary/aromatic N) is 1. The molecular formula is C11H14Cl2N2. The van der Waals surface area contributed by atoms with Crippen molar-refractivity contribution < 1.29 is 0 Å². The van der Waals surface area contributed by atoms with Crippen molar-refractivity contribution >= 4 is 35.7 Å². The van der Waals surface area contributed by atoms with Crippen molar-refractivity contribution in [2.24, 2.45) is 5.73 Å². The number of fused-ring (bicyclic) bond motifs is 1. The lowest BCUT2D eigenvalue weighted by molar-refractivity contribution is 0.985. The van der Waals surface area contributed by atoms with Crippen LogP contribution in [-0.4, -0.2) is 4.98 Å². The Morgan fingerprint density at radius 1 is 1.20 bits per heavy atom. The molecule has 0 aliphatic carbocycles. The van der Waals surface area contributed by atoms with Gasteiger partial charge in [-0.25, -0.2) is 0 Å². The molecule has 15 heavy (non-hydrogen) atoms. The molecule has 0 atom stereocenters. The van der Waals surface area contributed by atoms with Crippen LogP contribution in [0, 0.1) is 6.92 Å². The highest BCUT2D eigenvalue weighted by Crippen LogP contribution is 2.15. The quantitative estimate of drug-likeness (QED) is 0.838. The fourth-order valence-electron chi connectivity index (χ4n) is 1.47. The van der Waals surface area contributed by atoms with Crippen LogP contribution in [-0.2, 0) is 6.54 Å². The minimum absolute atomic E-state index is 0. The van der Waals surface area contributed by atoms with Gasteiger partial charge in [0.15, 0.2) is 0 Å². The number of halogens is 2. The number of para-hydroxylation sites is 1. The molecule has 4 heteroatoms. The summed E-state index contributed by atoms with van der Waals surface area (Å²) in [6.07, 6.45) is 0. The van der Waals surface area contributed by atoms with E-state index in [2.05, 4.69) is 17.1 Å². The summed E-state index contributed by atoms with van der Waals surface area (Å²) in [4.78, 5) is 4.47. The third-order valence-corrected chi connectivity index (χ3v) is 2.21. The summed E-state index contributed by atoms with van der Waals surface area (Å²) in [6, 6.07) is 10.2. The Labute approximate surface area is 102 Å². The Morgan fingerprint density at radius 3 is 2.53 bits per heavy atom. The number of nitrogens with two attached hydrogens (primary N) is 1. The average molecular weight is 245 g/mol. The number of aryl methyl sites for hydroxylation is 1. The molecule has 2 N–H and O–H groups in total. The minimum Gasteiger partial charge on any atom is -0.325 e. The van der Waals surface area contributed by atoms with Crippen molar-refractivity contribution in [3.63, 3.8) is 0 Å². The zero-order valence-electron chi connectivity index (χ0n) is 8.43. The number of benzene rings is 1. The van der Waals surface area contributed by atoms with Crippen LogP contribution in [0.15, 0.2) is 30.3 Å². The molecule has 0 spiro atoms. The van der Waals surface area contributed by atoms with E-state index in [1.54, 1.807) is 0 Å². The molecular weight excluding hydrogens is 231 g/mol. The summed E-state index contributed by atoms with van der Waals surface area (Å²) in [5.41, 5.74) is 8.75. The van der Waals surface area contributed by atoms with Gasteiger partial charge < -0.3 is 5.73 Å². The molecule has 0 radical (unpaired) electrons. The van der Waals surface area contributed by atoms with Crippen molar-refractivity contribution in [2.45, 2.75) is 13.5 Å². The molecule has 0 unspecified atom stereocenters. The van der Waals surface area contributed by atoms with E-state index < -0.39 is 0 Å². The van der Waals surface area contributed by atoms with Gasteiger partial charge >= 0.3 is 0 Å². The largest absolute Gasteiger partial charge is 0.325 e. The van der Waals surface area contributed by atoms with Gasteiger partial charge in [0.1, 0.15) is 0 Å². The molecule has 2 nitrogen and oxygen atoms in total. The fraction of sp³-hybridized carbons (Fsp3) is 0.182. The maximum Gasteiger partial charge on any atom is 0.0706 e. The smallest absolute Gasteiger partial charge is 0.0706 e. The van der Waals surface area contributed by atoms with Crippen LogP contribution in [0.25, 0.3) is 10.9 Å². The van der Waals surface area contributed by atoms with Crippen LogP contribution in [0.4, 0.5) is 0 Å². The predicted molar refractivity (Wildman–Crippen MR) is 68.9 cm³/mol. The highest BCUT2D eigenvalue weighted by molar-refractivity contribution is 5.85. The summed E-state index contributed by atoms with van der Waals surface area (Å²) in [7, 11) is 0. The van der Waals surface area contributed by atoms with E-state index in [0.717, 1.165) is 11.2 Å². The number of pyridine rings is 1. The van der Waals surface area contributed by atoms with Crippen LogP contribution in [0.1, 0.15) is 11.3 Å². The van der Waals surface area contributed by atoms with Gasteiger partial charge in [-0.05, 0) is 24.6 Å². The molecule has 0 amide bonds. The summed E-state index contributed by atoms with van der Waals surface area (Å²) in [5.74, 6) is 0. The summed E-state index contributed by atoms with van der Waals surface area (Å²) in [6.45, 7) is 2.55. The van der Waals surface area contributed by atoms with E-state index in [9.17, 15) is 0 Å². The van der Waals surface area contributed by atoms with E-state index in [1.807, 2.05) is 25.1 Å². The van der Waals surface area contributed by atoms with E-state index in [0.29, 0.717) is 6.54 Å². The Hall–Kier alpha value is -0.830. The molecule has 1 aromatic carbocycles. The van der Waals surface area contributed by atoms with E-state index in [4.69, 9.17) is 5.73 Å². The Morgan fingerprint density at radius 2 is 1.87 bits per heavy atom. The normalized spacial score (nSPS) is 9.20. The van der Waals surface area contributed by atoms with Gasteiger partial charge in [-0.1, -0.05) is 18.2 Å². The van der Waals surface area contributed by atoms with E-state index in [-0.39, 0.29) is 24.8 Å². The molecule has 0 bridgehead atoms. The minimum atomic E-state index is 0. The van der Waals surface area contributed by atoms with Gasteiger partial charge in [-0.2, -0.15) is 0 Å². The molecule has 0 aliphatic heterocycles. The highest BCUT2D eigenvalue weighted by Gasteiger charge is 1.99. The Kier molecular flexibility index (Phi) is 5.58. The van der Waals surface area contributed by atoms with E-state index in [1.165, 1.54) is 10.9 Å². The lowest BCUT2D eigenvalue weighted by atomic mass is 10.1. The zero-order chi connectivity index (χ0) is 9.26. The molecule has 0 aliphatic rings. The van der Waals surface area contributed by atoms with Crippen molar-refractivity contribution in [3.05, 3.63) is 41.6 Å². The van der Waals surface area contributed by atoms with Gasteiger partial charge in [0, 0.05) is 11.9 Å². The maximum atomic E-state index is 5.58. The molecule has 0 fully saturated rings. The second kappa shape index (κ2) is 5.91. The molecule has 2 aromatic rings. The molecule has 2 rings (SSSR count). The topological polar surface area (TPSA) is 38.9 Å². The standard InChI is InChI=1S/C11H12N2.2ClH/c1-8-6-9-4-2-3-5-10(9)13-11(8)7-12;;/h2-6H,7,12H2,1H3;2*1H. The van der Waals surface area contributed by atoms with Gasteiger partial charge in [0.05, 0.1) is 11.2 Å². The first-order valence-electron chi connectivity index (χ1n) is 4.36. The Bertz CT molecular complexity index is 444. The second-order valence-corrected chi connectivity index (χ2v) is 3.15.